The Morgan fingerprint density at radius 3 is 2.57 bits per heavy atom. The zero-order valence-electron chi connectivity index (χ0n) is 14.8. The fourth-order valence-electron chi connectivity index (χ4n) is 2.38. The zero-order chi connectivity index (χ0) is 20.1. The molecule has 0 bridgehead atoms. The molecule has 2 aromatic rings. The summed E-state index contributed by atoms with van der Waals surface area (Å²) in [6.45, 7) is 1.74. The maximum Gasteiger partial charge on any atom is 0.238 e. The van der Waals surface area contributed by atoms with Gasteiger partial charge in [-0.25, -0.2) is 4.39 Å². The van der Waals surface area contributed by atoms with E-state index in [0.717, 1.165) is 17.3 Å². The Labute approximate surface area is 164 Å². The number of amides is 2. The van der Waals surface area contributed by atoms with Crippen molar-refractivity contribution < 1.29 is 19.1 Å². The molecule has 0 aromatic heterocycles. The zero-order valence-corrected chi connectivity index (χ0v) is 15.7. The first-order valence-electron chi connectivity index (χ1n) is 8.35. The van der Waals surface area contributed by atoms with Gasteiger partial charge in [-0.05, 0) is 61.0 Å². The Hall–Kier alpha value is -3.20. The molecule has 9 heteroatoms. The second-order valence-corrected chi connectivity index (χ2v) is 7.18. The minimum atomic E-state index is -0.679. The number of phenolic OH excluding ortho intramolecular Hbond substituents is 1. The van der Waals surface area contributed by atoms with Crippen molar-refractivity contribution in [3.8, 4) is 5.75 Å². The van der Waals surface area contributed by atoms with Crippen molar-refractivity contribution in [2.24, 2.45) is 10.2 Å². The molecule has 1 heterocycles. The van der Waals surface area contributed by atoms with Gasteiger partial charge >= 0.3 is 0 Å². The molecule has 3 rings (SSSR count). The number of phenols is 1. The van der Waals surface area contributed by atoms with Gasteiger partial charge in [0.05, 0.1) is 5.71 Å². The Kier molecular flexibility index (Phi) is 6.05. The molecule has 0 unspecified atom stereocenters. The number of benzene rings is 2. The average Bonchev–Trinajstić information content (AvgIpc) is 2.68. The molecule has 0 aliphatic carbocycles. The summed E-state index contributed by atoms with van der Waals surface area (Å²) in [5.41, 5.74) is 1.79. The first-order valence-corrected chi connectivity index (χ1v) is 9.23. The molecule has 1 aliphatic rings. The Morgan fingerprint density at radius 1 is 1.21 bits per heavy atom. The Balaban J connectivity index is 1.69. The summed E-state index contributed by atoms with van der Waals surface area (Å²) in [4.78, 5) is 24.3. The van der Waals surface area contributed by atoms with Crippen LogP contribution in [0.2, 0.25) is 0 Å². The van der Waals surface area contributed by atoms with Gasteiger partial charge < -0.3 is 15.7 Å². The lowest BCUT2D eigenvalue weighted by Gasteiger charge is -2.21. The lowest BCUT2D eigenvalue weighted by molar-refractivity contribution is -0.123. The van der Waals surface area contributed by atoms with Crippen molar-refractivity contribution >= 4 is 40.1 Å². The van der Waals surface area contributed by atoms with Crippen LogP contribution in [0.5, 0.6) is 5.75 Å². The van der Waals surface area contributed by atoms with Crippen molar-refractivity contribution in [1.82, 2.24) is 5.32 Å². The van der Waals surface area contributed by atoms with Gasteiger partial charge in [-0.3, -0.25) is 9.59 Å². The van der Waals surface area contributed by atoms with E-state index in [-0.39, 0.29) is 29.2 Å². The molecule has 1 aliphatic heterocycles. The van der Waals surface area contributed by atoms with E-state index in [4.69, 9.17) is 0 Å². The van der Waals surface area contributed by atoms with Crippen molar-refractivity contribution in [2.45, 2.75) is 18.6 Å². The quantitative estimate of drug-likeness (QED) is 0.542. The smallest absolute Gasteiger partial charge is 0.238 e. The number of amidine groups is 1. The van der Waals surface area contributed by atoms with Crippen LogP contribution in [0.3, 0.4) is 0 Å². The molecule has 0 spiro atoms. The molecule has 1 atom stereocenters. The summed E-state index contributed by atoms with van der Waals surface area (Å²) in [5.74, 6) is -0.971. The largest absolute Gasteiger partial charge is 0.508 e. The molecular weight excluding hydrogens is 383 g/mol. The lowest BCUT2D eigenvalue weighted by atomic mass is 10.1. The van der Waals surface area contributed by atoms with Gasteiger partial charge in [-0.2, -0.15) is 5.10 Å². The van der Waals surface area contributed by atoms with E-state index in [0.29, 0.717) is 11.4 Å². The van der Waals surface area contributed by atoms with E-state index in [1.807, 2.05) is 0 Å². The monoisotopic (exact) mass is 400 g/mol. The number of nitrogens with zero attached hydrogens (tertiary/aromatic N) is 2. The molecule has 1 saturated heterocycles. The van der Waals surface area contributed by atoms with Crippen molar-refractivity contribution in [3.05, 3.63) is 59.9 Å². The minimum Gasteiger partial charge on any atom is -0.508 e. The van der Waals surface area contributed by atoms with E-state index in [1.165, 1.54) is 36.4 Å². The van der Waals surface area contributed by atoms with Crippen LogP contribution < -0.4 is 10.6 Å². The number of halogens is 1. The van der Waals surface area contributed by atoms with Crippen molar-refractivity contribution in [3.63, 3.8) is 0 Å². The number of aromatic hydroxyl groups is 1. The number of hydrogen-bond acceptors (Lipinski definition) is 6. The van der Waals surface area contributed by atoms with E-state index < -0.39 is 11.1 Å². The number of thioether (sulfide) groups is 1. The summed E-state index contributed by atoms with van der Waals surface area (Å²) in [6.07, 6.45) is -0.00261. The molecule has 1 fully saturated rings. The molecule has 3 N–H and O–H groups in total. The standard InChI is InChI=1S/C19H17FN4O3S/c1-11(12-2-8-15(25)9-3-12)23-24-19-22-17(26)10-16(28-19)18(27)21-14-6-4-13(20)5-7-14/h2-9,16,25H,10H2,1H3,(H,21,27)(H,22,24,26)/b23-11-/t16-/m1/s1. The number of carbonyl (C=O) groups excluding carboxylic acids is 2. The molecule has 2 aromatic carbocycles. The fourth-order valence-corrected chi connectivity index (χ4v) is 3.31. The predicted molar refractivity (Wildman–Crippen MR) is 107 cm³/mol. The van der Waals surface area contributed by atoms with E-state index in [1.54, 1.807) is 19.1 Å². The van der Waals surface area contributed by atoms with Crippen LogP contribution in [0.15, 0.2) is 58.7 Å². The molecule has 7 nitrogen and oxygen atoms in total. The normalized spacial score (nSPS) is 18.6. The topological polar surface area (TPSA) is 103 Å². The van der Waals surface area contributed by atoms with Gasteiger partial charge in [0.25, 0.3) is 0 Å². The SMILES string of the molecule is C/C(=N/N=C1/NC(=O)C[C@H](C(=O)Nc2ccc(F)cc2)S1)c1ccc(O)cc1. The number of carbonyl (C=O) groups is 2. The van der Waals surface area contributed by atoms with E-state index in [9.17, 15) is 19.1 Å². The Bertz CT molecular complexity index is 943. The Morgan fingerprint density at radius 2 is 1.89 bits per heavy atom. The summed E-state index contributed by atoms with van der Waals surface area (Å²) >= 11 is 1.09. The summed E-state index contributed by atoms with van der Waals surface area (Å²) in [7, 11) is 0. The summed E-state index contributed by atoms with van der Waals surface area (Å²) in [5, 5.41) is 22.2. The molecular formula is C19H17FN4O3S. The van der Waals surface area contributed by atoms with Gasteiger partial charge in [-0.1, -0.05) is 11.8 Å². The van der Waals surface area contributed by atoms with Crippen LogP contribution >= 0.6 is 11.8 Å². The van der Waals surface area contributed by atoms with Crippen LogP contribution in [0.25, 0.3) is 0 Å². The third-order valence-electron chi connectivity index (χ3n) is 3.85. The molecule has 0 radical (unpaired) electrons. The molecule has 0 saturated carbocycles. The predicted octanol–water partition coefficient (Wildman–Crippen LogP) is 2.87. The van der Waals surface area contributed by atoms with Crippen LogP contribution in [0, 0.1) is 5.82 Å². The third-order valence-corrected chi connectivity index (χ3v) is 4.92. The minimum absolute atomic E-state index is 0.00261. The van der Waals surface area contributed by atoms with Gasteiger partial charge in [0.2, 0.25) is 11.8 Å². The summed E-state index contributed by atoms with van der Waals surface area (Å²) < 4.78 is 13.0. The molecule has 144 valence electrons. The maximum absolute atomic E-state index is 13.0. The fraction of sp³-hybridized carbons (Fsp3) is 0.158. The van der Waals surface area contributed by atoms with Crippen LogP contribution in [0.1, 0.15) is 18.9 Å². The van der Waals surface area contributed by atoms with Crippen LogP contribution in [0.4, 0.5) is 10.1 Å². The highest BCUT2D eigenvalue weighted by atomic mass is 32.2. The second kappa shape index (κ2) is 8.66. The number of hydrogen-bond donors (Lipinski definition) is 3. The summed E-state index contributed by atoms with van der Waals surface area (Å²) in [6, 6.07) is 11.8. The molecule has 28 heavy (non-hydrogen) atoms. The maximum atomic E-state index is 13.0. The number of rotatable bonds is 4. The average molecular weight is 400 g/mol. The lowest BCUT2D eigenvalue weighted by Crippen LogP contribution is -2.41. The first kappa shape index (κ1) is 19.6. The van der Waals surface area contributed by atoms with E-state index >= 15 is 0 Å². The van der Waals surface area contributed by atoms with Gasteiger partial charge in [0.15, 0.2) is 5.17 Å². The van der Waals surface area contributed by atoms with E-state index in [2.05, 4.69) is 20.8 Å². The van der Waals surface area contributed by atoms with Crippen LogP contribution in [-0.4, -0.2) is 33.1 Å². The van der Waals surface area contributed by atoms with Crippen molar-refractivity contribution in [1.29, 1.82) is 0 Å². The second-order valence-electron chi connectivity index (χ2n) is 5.99. The van der Waals surface area contributed by atoms with Crippen molar-refractivity contribution in [2.75, 3.05) is 5.32 Å². The highest BCUT2D eigenvalue weighted by molar-refractivity contribution is 8.15. The van der Waals surface area contributed by atoms with Crippen LogP contribution in [-0.2, 0) is 9.59 Å². The van der Waals surface area contributed by atoms with Gasteiger partial charge in [-0.15, -0.1) is 5.10 Å². The van der Waals surface area contributed by atoms with Gasteiger partial charge in [0, 0.05) is 12.1 Å². The number of anilines is 1. The first-order chi connectivity index (χ1) is 13.4. The number of nitrogens with one attached hydrogen (secondary N) is 2. The van der Waals surface area contributed by atoms with Gasteiger partial charge in [0.1, 0.15) is 16.8 Å². The highest BCUT2D eigenvalue weighted by Gasteiger charge is 2.30. The third kappa shape index (κ3) is 5.17. The highest BCUT2D eigenvalue weighted by Crippen LogP contribution is 2.23. The molecule has 2 amide bonds.